The predicted molar refractivity (Wildman–Crippen MR) is 193 cm³/mol. The molecule has 4 N–H and O–H groups in total. The molecule has 4 atom stereocenters. The van der Waals surface area contributed by atoms with Crippen molar-refractivity contribution in [2.45, 2.75) is 116 Å². The highest BCUT2D eigenvalue weighted by Crippen LogP contribution is 2.48. The Morgan fingerprint density at radius 2 is 1.54 bits per heavy atom. The largest absolute Gasteiger partial charge is 0.468 e. The van der Waals surface area contributed by atoms with Gasteiger partial charge in [0.05, 0.1) is 37.6 Å². The van der Waals surface area contributed by atoms with E-state index in [9.17, 15) is 14.5 Å². The van der Waals surface area contributed by atoms with Crippen LogP contribution in [0.1, 0.15) is 90.7 Å². The number of methoxy groups -OCH3 is 1. The Morgan fingerprint density at radius 3 is 2.19 bits per heavy atom. The van der Waals surface area contributed by atoms with Crippen LogP contribution in [0.2, 0.25) is 0 Å². The van der Waals surface area contributed by atoms with Crippen molar-refractivity contribution < 1.29 is 33.0 Å². The molecule has 0 saturated heterocycles. The molecule has 0 spiro atoms. The number of nitrogens with one attached hydrogen (secondary N) is 1. The topological polar surface area (TPSA) is 129 Å². The van der Waals surface area contributed by atoms with E-state index in [0.717, 1.165) is 17.4 Å². The number of esters is 1. The van der Waals surface area contributed by atoms with Crippen LogP contribution in [0.5, 0.6) is 5.75 Å². The first-order chi connectivity index (χ1) is 22.8. The van der Waals surface area contributed by atoms with Gasteiger partial charge >= 0.3 is 13.7 Å². The summed E-state index contributed by atoms with van der Waals surface area (Å²) in [6, 6.07) is 20.2. The van der Waals surface area contributed by atoms with E-state index in [-0.39, 0.29) is 6.61 Å². The molecule has 0 heterocycles. The Kier molecular flexibility index (Phi) is 15.6. The Balaban J connectivity index is 1.76. The zero-order valence-corrected chi connectivity index (χ0v) is 30.6. The summed E-state index contributed by atoms with van der Waals surface area (Å²) in [5.74, 6) is -0.400. The molecule has 0 fully saturated rings. The number of rotatable bonds is 21. The predicted octanol–water partition coefficient (Wildman–Crippen LogP) is 7.90. The number of hydrogen-bond donors (Lipinski definition) is 3. The van der Waals surface area contributed by atoms with Gasteiger partial charge in [0.25, 0.3) is 0 Å². The van der Waals surface area contributed by atoms with Gasteiger partial charge in [0, 0.05) is 5.39 Å². The van der Waals surface area contributed by atoms with Gasteiger partial charge in [0.2, 0.25) is 0 Å². The molecule has 9 nitrogen and oxygen atoms in total. The molecule has 0 aliphatic carbocycles. The van der Waals surface area contributed by atoms with Crippen molar-refractivity contribution in [2.75, 3.05) is 20.3 Å². The van der Waals surface area contributed by atoms with Crippen molar-refractivity contribution in [2.24, 2.45) is 5.73 Å². The maximum Gasteiger partial charge on any atom is 0.459 e. The molecule has 0 radical (unpaired) electrons. The number of hydrogen-bond acceptors (Lipinski definition) is 8. The zero-order valence-electron chi connectivity index (χ0n) is 29.7. The molecular weight excluding hydrogens is 627 g/mol. The van der Waals surface area contributed by atoms with Crippen molar-refractivity contribution >= 4 is 24.5 Å². The van der Waals surface area contributed by atoms with E-state index in [1.54, 1.807) is 19.1 Å². The van der Waals surface area contributed by atoms with Crippen LogP contribution in [0.15, 0.2) is 66.7 Å². The number of ether oxygens (including phenoxy) is 2. The van der Waals surface area contributed by atoms with Crippen LogP contribution in [0.25, 0.3) is 10.8 Å². The first kappa shape index (κ1) is 39.7. The maximum absolute atomic E-state index is 14.6. The van der Waals surface area contributed by atoms with E-state index in [2.05, 4.69) is 36.3 Å². The van der Waals surface area contributed by atoms with E-state index in [1.165, 1.54) is 51.2 Å². The summed E-state index contributed by atoms with van der Waals surface area (Å²) in [5.41, 5.74) is 7.18. The number of fused-ring (bicyclic) bond motifs is 1. The average Bonchev–Trinajstić information content (AvgIpc) is 3.06. The molecule has 3 aromatic rings. The first-order valence-corrected chi connectivity index (χ1v) is 18.8. The summed E-state index contributed by atoms with van der Waals surface area (Å²) in [6.45, 7) is 8.75. The minimum absolute atomic E-state index is 0.296. The summed E-state index contributed by atoms with van der Waals surface area (Å²) in [5, 5.41) is 14.8. The van der Waals surface area contributed by atoms with E-state index in [4.69, 9.17) is 24.3 Å². The van der Waals surface area contributed by atoms with Crippen molar-refractivity contribution in [1.82, 2.24) is 5.09 Å². The Morgan fingerprint density at radius 1 is 0.917 bits per heavy atom. The van der Waals surface area contributed by atoms with Crippen molar-refractivity contribution in [3.63, 3.8) is 0 Å². The van der Waals surface area contributed by atoms with Gasteiger partial charge in [-0.2, -0.15) is 5.09 Å². The van der Waals surface area contributed by atoms with Crippen LogP contribution in [0.3, 0.4) is 0 Å². The molecular formula is C38H57N2O7P. The van der Waals surface area contributed by atoms with Gasteiger partial charge in [0.15, 0.2) is 0 Å². The molecule has 0 aliphatic rings. The molecule has 0 bridgehead atoms. The molecule has 48 heavy (non-hydrogen) atoms. The summed E-state index contributed by atoms with van der Waals surface area (Å²) in [4.78, 5) is 13.0. The second kappa shape index (κ2) is 18.8. The zero-order chi connectivity index (χ0) is 35.2. The van der Waals surface area contributed by atoms with Gasteiger partial charge < -0.3 is 24.8 Å². The van der Waals surface area contributed by atoms with Gasteiger partial charge in [-0.1, -0.05) is 99.7 Å². The number of carbonyl (C=O) groups is 1. The number of aliphatic hydroxyl groups excluding tert-OH is 1. The molecule has 4 unspecified atom stereocenters. The summed E-state index contributed by atoms with van der Waals surface area (Å²) >= 11 is 0. The Labute approximate surface area is 287 Å². The Bertz CT molecular complexity index is 1450. The summed E-state index contributed by atoms with van der Waals surface area (Å²) < 4.78 is 37.8. The SMILES string of the molecule is CCCCCCCCc1ccc(CCC(N)(CO)COP(=O)(NC(C(=O)OC)C(C)OC(C)(C)C)Oc2cccc3ccccc23)cc1. The van der Waals surface area contributed by atoms with Crippen LogP contribution >= 0.6 is 7.75 Å². The molecule has 0 aliphatic heterocycles. The van der Waals surface area contributed by atoms with Gasteiger partial charge in [0.1, 0.15) is 11.8 Å². The van der Waals surface area contributed by atoms with Crippen LogP contribution in [0, 0.1) is 0 Å². The third kappa shape index (κ3) is 12.9. The molecule has 10 heteroatoms. The lowest BCUT2D eigenvalue weighted by Crippen LogP contribution is -2.50. The van der Waals surface area contributed by atoms with Crippen LogP contribution < -0.4 is 15.3 Å². The van der Waals surface area contributed by atoms with Crippen molar-refractivity contribution in [1.29, 1.82) is 0 Å². The number of unbranched alkanes of at least 4 members (excludes halogenated alkanes) is 5. The van der Waals surface area contributed by atoms with E-state index >= 15 is 0 Å². The third-order valence-corrected chi connectivity index (χ3v) is 9.82. The number of benzene rings is 3. The smallest absolute Gasteiger partial charge is 0.459 e. The normalized spacial score (nSPS) is 15.8. The molecule has 0 saturated carbocycles. The van der Waals surface area contributed by atoms with Gasteiger partial charge in [-0.25, -0.2) is 4.57 Å². The number of aliphatic hydroxyl groups is 1. The second-order valence-electron chi connectivity index (χ2n) is 13.8. The molecule has 3 rings (SSSR count). The van der Waals surface area contributed by atoms with Gasteiger partial charge in [-0.15, -0.1) is 0 Å². The number of nitrogens with two attached hydrogens (primary N) is 1. The third-order valence-electron chi connectivity index (χ3n) is 8.32. The Hall–Kier alpha value is -2.78. The minimum atomic E-state index is -4.34. The summed E-state index contributed by atoms with van der Waals surface area (Å²) in [6.07, 6.45) is 8.83. The fraction of sp³-hybridized carbons (Fsp3) is 0.553. The van der Waals surface area contributed by atoms with E-state index < -0.39 is 43.6 Å². The van der Waals surface area contributed by atoms with Gasteiger partial charge in [-0.3, -0.25) is 9.32 Å². The quantitative estimate of drug-likeness (QED) is 0.0583. The second-order valence-corrected chi connectivity index (χ2v) is 15.5. The molecule has 0 aromatic heterocycles. The first-order valence-electron chi connectivity index (χ1n) is 17.2. The molecule has 266 valence electrons. The lowest BCUT2D eigenvalue weighted by atomic mass is 9.93. The fourth-order valence-electron chi connectivity index (χ4n) is 5.55. The highest BCUT2D eigenvalue weighted by molar-refractivity contribution is 7.52. The average molecular weight is 685 g/mol. The summed E-state index contributed by atoms with van der Waals surface area (Å²) in [7, 11) is -3.10. The highest BCUT2D eigenvalue weighted by Gasteiger charge is 2.41. The van der Waals surface area contributed by atoms with Crippen LogP contribution in [-0.4, -0.2) is 54.7 Å². The maximum atomic E-state index is 14.6. The highest BCUT2D eigenvalue weighted by atomic mass is 31.2. The van der Waals surface area contributed by atoms with Crippen molar-refractivity contribution in [3.8, 4) is 5.75 Å². The fourth-order valence-corrected chi connectivity index (χ4v) is 7.23. The minimum Gasteiger partial charge on any atom is -0.468 e. The molecule has 0 amide bonds. The number of carbonyl (C=O) groups excluding carboxylic acids is 1. The standard InChI is InChI=1S/C38H57N2O7P/c1-7-8-9-10-11-12-16-30-21-23-31(24-22-30)25-26-38(39,27-41)28-45-48(43,40-35(36(42)44-6)29(2)46-37(3,4)5)47-34-20-15-18-32-17-13-14-19-33(32)34/h13-15,17-24,29,35,41H,7-12,16,25-28,39H2,1-6H3,(H,40,43). The monoisotopic (exact) mass is 684 g/mol. The van der Waals surface area contributed by atoms with Gasteiger partial charge in [-0.05, 0) is 76.0 Å². The van der Waals surface area contributed by atoms with Crippen LogP contribution in [-0.2, 0) is 36.2 Å². The lowest BCUT2D eigenvalue weighted by Gasteiger charge is -2.33. The lowest BCUT2D eigenvalue weighted by molar-refractivity contribution is -0.150. The van der Waals surface area contributed by atoms with E-state index in [0.29, 0.717) is 24.0 Å². The van der Waals surface area contributed by atoms with E-state index in [1.807, 2.05) is 51.1 Å². The van der Waals surface area contributed by atoms with Crippen LogP contribution in [0.4, 0.5) is 0 Å². The molecule has 3 aromatic carbocycles. The number of aryl methyl sites for hydroxylation is 2. The van der Waals surface area contributed by atoms with Crippen molar-refractivity contribution in [3.05, 3.63) is 77.9 Å².